The van der Waals surface area contributed by atoms with Crippen LogP contribution in [0.2, 0.25) is 5.02 Å². The summed E-state index contributed by atoms with van der Waals surface area (Å²) in [5, 5.41) is 46.4. The van der Waals surface area contributed by atoms with E-state index in [0.717, 1.165) is 17.4 Å². The number of β-lactam (4-membered cyclic amide) rings is 1. The van der Waals surface area contributed by atoms with Crippen molar-refractivity contribution in [3.8, 4) is 11.5 Å². The maximum Gasteiger partial charge on any atom is 0.352 e. The van der Waals surface area contributed by atoms with Gasteiger partial charge in [-0.1, -0.05) is 16.8 Å². The number of amides is 2. The number of aromatic hydroxyl groups is 2. The number of aliphatic carboxylic acids is 2. The number of rotatable bonds is 14. The van der Waals surface area contributed by atoms with Crippen LogP contribution in [-0.4, -0.2) is 119 Å². The summed E-state index contributed by atoms with van der Waals surface area (Å²) in [5.74, 6) is -6.05. The molecule has 266 valence electrons. The van der Waals surface area contributed by atoms with Crippen molar-refractivity contribution in [2.75, 3.05) is 44.2 Å². The number of nitrogens with one attached hydrogen (secondary N) is 1. The number of anilines is 1. The van der Waals surface area contributed by atoms with Crippen molar-refractivity contribution in [2.24, 2.45) is 11.1 Å². The summed E-state index contributed by atoms with van der Waals surface area (Å²) in [6.45, 7) is 4.46. The number of oxime groups is 1. The van der Waals surface area contributed by atoms with Crippen LogP contribution in [0.1, 0.15) is 36.3 Å². The highest BCUT2D eigenvalue weighted by atomic mass is 35.5. The number of carboxylic acid groups (broad SMARTS) is 2. The molecule has 16 nitrogen and oxygen atoms in total. The molecule has 0 unspecified atom stereocenters. The van der Waals surface area contributed by atoms with Gasteiger partial charge in [0.1, 0.15) is 17.9 Å². The van der Waals surface area contributed by atoms with Crippen molar-refractivity contribution in [3.05, 3.63) is 57.2 Å². The minimum Gasteiger partial charge on any atom is -0.504 e. The summed E-state index contributed by atoms with van der Waals surface area (Å²) >= 11 is 8.39. The average molecular weight is 750 g/mol. The lowest BCUT2D eigenvalue weighted by Crippen LogP contribution is -2.63. The molecule has 0 bridgehead atoms. The third-order valence-corrected chi connectivity index (χ3v) is 11.0. The molecule has 50 heavy (non-hydrogen) atoms. The SMILES string of the molecule is CC(C)(O/N=C(/C(=O)C[C@@H]1C(=O)N2C(C(=O)O)=C(C[N+]3(CCNC(=O)c4ccc(O)c(O)c4Cl)CC=CC3)CS[C@H]12)c1csc(N)n1)C(=O)O. The second-order valence-corrected chi connectivity index (χ2v) is 14.8. The summed E-state index contributed by atoms with van der Waals surface area (Å²) in [4.78, 5) is 74.4. The van der Waals surface area contributed by atoms with Gasteiger partial charge in [-0.2, -0.15) is 0 Å². The number of nitrogens with two attached hydrogens (primary N) is 1. The molecule has 2 amide bonds. The first-order chi connectivity index (χ1) is 23.5. The fourth-order valence-electron chi connectivity index (χ4n) is 5.77. The Balaban J connectivity index is 1.29. The maximum absolute atomic E-state index is 13.5. The monoisotopic (exact) mass is 749 g/mol. The molecule has 4 heterocycles. The second kappa shape index (κ2) is 14.3. The number of fused-ring (bicyclic) bond motifs is 1. The Morgan fingerprint density at radius 3 is 2.52 bits per heavy atom. The van der Waals surface area contributed by atoms with Crippen LogP contribution in [0, 0.1) is 5.92 Å². The third kappa shape index (κ3) is 7.28. The molecule has 1 aromatic heterocycles. The number of nitrogens with zero attached hydrogens (tertiary/aromatic N) is 4. The number of phenolic OH excluding ortho intramolecular Hbond substituents is 2. The van der Waals surface area contributed by atoms with Crippen LogP contribution in [0.5, 0.6) is 11.5 Å². The Bertz CT molecular complexity index is 1850. The minimum atomic E-state index is -1.77. The van der Waals surface area contributed by atoms with Crippen LogP contribution in [-0.2, 0) is 24.0 Å². The van der Waals surface area contributed by atoms with Crippen LogP contribution in [0.25, 0.3) is 0 Å². The van der Waals surface area contributed by atoms with Crippen LogP contribution in [0.4, 0.5) is 5.13 Å². The van der Waals surface area contributed by atoms with E-state index in [1.165, 1.54) is 42.0 Å². The second-order valence-electron chi connectivity index (χ2n) is 12.4. The number of benzene rings is 1. The molecule has 0 aliphatic carbocycles. The van der Waals surface area contributed by atoms with Crippen molar-refractivity contribution in [2.45, 2.75) is 31.2 Å². The summed E-state index contributed by atoms with van der Waals surface area (Å²) in [7, 11) is 0. The lowest BCUT2D eigenvalue weighted by atomic mass is 9.89. The molecule has 19 heteroatoms. The van der Waals surface area contributed by atoms with Gasteiger partial charge in [0.25, 0.3) is 5.91 Å². The predicted molar refractivity (Wildman–Crippen MR) is 183 cm³/mol. The number of carboxylic acids is 2. The van der Waals surface area contributed by atoms with Crippen molar-refractivity contribution in [1.82, 2.24) is 15.2 Å². The number of carbonyl (C=O) groups excluding carboxylic acids is 3. The number of ketones is 1. The van der Waals surface area contributed by atoms with E-state index < -0.39 is 57.9 Å². The number of phenols is 2. The van der Waals surface area contributed by atoms with Crippen LogP contribution < -0.4 is 11.1 Å². The normalized spacial score (nSPS) is 19.9. The zero-order valence-corrected chi connectivity index (χ0v) is 29.2. The van der Waals surface area contributed by atoms with Gasteiger partial charge in [0.2, 0.25) is 11.5 Å². The molecule has 1 saturated heterocycles. The minimum absolute atomic E-state index is 0.0197. The average Bonchev–Trinajstić information content (AvgIpc) is 3.71. The Kier molecular flexibility index (Phi) is 10.5. The molecule has 0 radical (unpaired) electrons. The van der Waals surface area contributed by atoms with Gasteiger partial charge < -0.3 is 40.8 Å². The number of quaternary nitrogens is 1. The number of nitrogen functional groups attached to an aromatic ring is 1. The third-order valence-electron chi connectivity index (χ3n) is 8.56. The number of aromatic nitrogens is 1. The van der Waals surface area contributed by atoms with Crippen molar-refractivity contribution in [3.63, 3.8) is 0 Å². The fourth-order valence-corrected chi connectivity index (χ4v) is 7.97. The van der Waals surface area contributed by atoms with Crippen LogP contribution in [0.3, 0.4) is 0 Å². The van der Waals surface area contributed by atoms with E-state index in [-0.39, 0.29) is 58.1 Å². The first-order valence-corrected chi connectivity index (χ1v) is 17.5. The van der Waals surface area contributed by atoms with E-state index in [1.54, 1.807) is 0 Å². The Morgan fingerprint density at radius 2 is 1.90 bits per heavy atom. The van der Waals surface area contributed by atoms with Gasteiger partial charge in [-0.15, -0.1) is 23.1 Å². The quantitative estimate of drug-likeness (QED) is 0.0405. The fraction of sp³-hybridized carbons (Fsp3) is 0.387. The molecule has 7 N–H and O–H groups in total. The number of thiazole rings is 1. The number of hydrogen-bond donors (Lipinski definition) is 6. The smallest absolute Gasteiger partial charge is 0.352 e. The van der Waals surface area contributed by atoms with Crippen molar-refractivity contribution < 1.29 is 53.7 Å². The molecular weight excluding hydrogens is 716 g/mol. The molecule has 1 aromatic carbocycles. The Morgan fingerprint density at radius 1 is 1.20 bits per heavy atom. The van der Waals surface area contributed by atoms with E-state index in [9.17, 15) is 44.4 Å². The standard InChI is InChI=1S/C31H33ClN6O10S2/c1-31(2,29(46)47)48-36-22(18-14-50-30(33)35-18)20(40)11-17-26(43)37-23(28(44)45)15(13-49-27(17)37)12-38(8-3-4-9-38)10-7-34-25(42)16-5-6-19(39)24(41)21(16)32/h3-6,14,17,27H,7-13H2,1-2H3,(H6-,33,34,35,36,39,40,41,42,44,45,46,47)/p+1/t17-,27-/m1/s1. The molecule has 0 saturated carbocycles. The van der Waals surface area contributed by atoms with Gasteiger partial charge in [0.15, 0.2) is 28.1 Å². The van der Waals surface area contributed by atoms with E-state index in [1.807, 2.05) is 12.2 Å². The summed E-state index contributed by atoms with van der Waals surface area (Å²) in [6.07, 6.45) is 3.57. The highest BCUT2D eigenvalue weighted by molar-refractivity contribution is 8.00. The molecular formula is C31H34ClN6O10S2+. The highest BCUT2D eigenvalue weighted by Crippen LogP contribution is 2.46. The van der Waals surface area contributed by atoms with E-state index in [4.69, 9.17) is 22.2 Å². The lowest BCUT2D eigenvalue weighted by molar-refractivity contribution is -0.907. The number of Topliss-reactive ketones (excluding diaryl/α,β-unsaturated/α-hetero) is 1. The lowest BCUT2D eigenvalue weighted by Gasteiger charge is -2.50. The number of thioether (sulfide) groups is 1. The summed E-state index contributed by atoms with van der Waals surface area (Å²) < 4.78 is 0.374. The molecule has 3 aliphatic heterocycles. The van der Waals surface area contributed by atoms with Gasteiger partial charge in [-0.05, 0) is 38.1 Å². The number of hydrogen-bond acceptors (Lipinski definition) is 13. The van der Waals surface area contributed by atoms with Gasteiger partial charge in [0, 0.05) is 23.1 Å². The van der Waals surface area contributed by atoms with E-state index >= 15 is 0 Å². The molecule has 1 fully saturated rings. The van der Waals surface area contributed by atoms with Gasteiger partial charge in [-0.3, -0.25) is 19.3 Å². The Hall–Kier alpha value is -4.65. The van der Waals surface area contributed by atoms with Gasteiger partial charge >= 0.3 is 11.9 Å². The highest BCUT2D eigenvalue weighted by Gasteiger charge is 2.55. The molecule has 2 atom stereocenters. The predicted octanol–water partition coefficient (Wildman–Crippen LogP) is 2.02. The summed E-state index contributed by atoms with van der Waals surface area (Å²) in [6, 6.07) is 2.44. The zero-order valence-electron chi connectivity index (χ0n) is 26.8. The first-order valence-electron chi connectivity index (χ1n) is 15.2. The molecule has 5 rings (SSSR count). The molecule has 0 spiro atoms. The Labute approximate surface area is 298 Å². The molecule has 3 aliphatic rings. The van der Waals surface area contributed by atoms with Gasteiger partial charge in [-0.25, -0.2) is 14.6 Å². The topological polar surface area (TPSA) is 242 Å². The first kappa shape index (κ1) is 36.6. The zero-order chi connectivity index (χ0) is 36.5. The summed E-state index contributed by atoms with van der Waals surface area (Å²) in [5.41, 5.74) is 4.08. The largest absolute Gasteiger partial charge is 0.504 e. The van der Waals surface area contributed by atoms with E-state index in [0.29, 0.717) is 29.7 Å². The number of halogens is 1. The van der Waals surface area contributed by atoms with Crippen molar-refractivity contribution in [1.29, 1.82) is 0 Å². The van der Waals surface area contributed by atoms with Gasteiger partial charge in [0.05, 0.1) is 48.1 Å². The number of carbonyl (C=O) groups is 5. The van der Waals surface area contributed by atoms with Crippen LogP contribution in [0.15, 0.2) is 46.1 Å². The maximum atomic E-state index is 13.5. The van der Waals surface area contributed by atoms with Crippen LogP contribution >= 0.6 is 34.7 Å². The van der Waals surface area contributed by atoms with Crippen molar-refractivity contribution >= 4 is 75.1 Å². The van der Waals surface area contributed by atoms with E-state index in [2.05, 4.69) is 15.5 Å². The molecule has 2 aromatic rings.